The predicted octanol–water partition coefficient (Wildman–Crippen LogP) is 4.01. The van der Waals surface area contributed by atoms with Gasteiger partial charge in [-0.25, -0.2) is 19.2 Å². The van der Waals surface area contributed by atoms with Crippen LogP contribution in [0.2, 0.25) is 0 Å². The zero-order valence-corrected chi connectivity index (χ0v) is 20.4. The van der Waals surface area contributed by atoms with E-state index in [2.05, 4.69) is 15.0 Å². The molecule has 14 heteroatoms. The highest BCUT2D eigenvalue weighted by Gasteiger charge is 2.31. The molecule has 39 heavy (non-hydrogen) atoms. The highest BCUT2D eigenvalue weighted by molar-refractivity contribution is 5.97. The first-order chi connectivity index (χ1) is 18.6. The number of alkyl halides is 2. The Balaban J connectivity index is 1.66. The number of halogens is 4. The van der Waals surface area contributed by atoms with Crippen molar-refractivity contribution in [1.82, 2.24) is 15.8 Å². The maximum atomic E-state index is 14.4. The first-order valence-electron chi connectivity index (χ1n) is 11.8. The van der Waals surface area contributed by atoms with E-state index in [0.717, 1.165) is 25.0 Å². The monoisotopic (exact) mass is 552 g/mol. The van der Waals surface area contributed by atoms with E-state index in [1.165, 1.54) is 30.6 Å². The fourth-order valence-corrected chi connectivity index (χ4v) is 3.65. The second kappa shape index (κ2) is 11.7. The van der Waals surface area contributed by atoms with Crippen LogP contribution in [0, 0.1) is 17.6 Å². The molecule has 0 aliphatic heterocycles. The molecule has 0 spiro atoms. The maximum absolute atomic E-state index is 14.4. The molecule has 3 aromatic rings. The molecule has 2 aromatic carbocycles. The topological polar surface area (TPSA) is 149 Å². The zero-order chi connectivity index (χ0) is 28.3. The number of carbonyl (C=O) groups is 2. The summed E-state index contributed by atoms with van der Waals surface area (Å²) in [5, 5.41) is 11.3. The Labute approximate surface area is 219 Å². The van der Waals surface area contributed by atoms with Crippen molar-refractivity contribution in [1.29, 1.82) is 0 Å². The number of nitrogens with zero attached hydrogens (tertiary/aromatic N) is 1. The minimum atomic E-state index is -3.09. The van der Waals surface area contributed by atoms with Gasteiger partial charge in [0.05, 0.1) is 12.6 Å². The minimum absolute atomic E-state index is 0.0118. The van der Waals surface area contributed by atoms with Crippen LogP contribution in [0.1, 0.15) is 53.7 Å². The molecule has 0 saturated heterocycles. The van der Waals surface area contributed by atoms with Gasteiger partial charge in [0.25, 0.3) is 11.8 Å². The lowest BCUT2D eigenvalue weighted by Crippen LogP contribution is -2.40. The van der Waals surface area contributed by atoms with E-state index in [1.807, 2.05) is 0 Å². The summed E-state index contributed by atoms with van der Waals surface area (Å²) in [5.41, 5.74) is 6.69. The molecule has 1 saturated carbocycles. The number of oxazole rings is 1. The molecule has 4 rings (SSSR count). The fourth-order valence-electron chi connectivity index (χ4n) is 3.65. The van der Waals surface area contributed by atoms with E-state index < -0.39 is 47.7 Å². The van der Waals surface area contributed by atoms with Crippen LogP contribution in [-0.4, -0.2) is 35.2 Å². The number of hydroxylamine groups is 1. The van der Waals surface area contributed by atoms with Gasteiger partial charge in [0, 0.05) is 17.2 Å². The molecule has 1 aliphatic rings. The first kappa shape index (κ1) is 27.9. The average Bonchev–Trinajstić information content (AvgIpc) is 3.61. The number of hydrogen-bond donors (Lipinski definition) is 4. The van der Waals surface area contributed by atoms with E-state index in [-0.39, 0.29) is 34.4 Å². The van der Waals surface area contributed by atoms with Gasteiger partial charge < -0.3 is 24.9 Å². The third kappa shape index (κ3) is 6.64. The van der Waals surface area contributed by atoms with Crippen LogP contribution in [-0.2, 0) is 4.79 Å². The Morgan fingerprint density at radius 3 is 2.54 bits per heavy atom. The molecule has 1 heterocycles. The molecule has 2 amide bonds. The van der Waals surface area contributed by atoms with Crippen LogP contribution >= 0.6 is 0 Å². The third-order valence-electron chi connectivity index (χ3n) is 5.78. The van der Waals surface area contributed by atoms with Gasteiger partial charge in [0.15, 0.2) is 23.0 Å². The molecule has 0 bridgehead atoms. The first-order valence-corrected chi connectivity index (χ1v) is 11.8. The van der Waals surface area contributed by atoms with Gasteiger partial charge in [0.2, 0.25) is 5.89 Å². The Morgan fingerprint density at radius 1 is 1.18 bits per heavy atom. The summed E-state index contributed by atoms with van der Waals surface area (Å²) in [7, 11) is 0. The van der Waals surface area contributed by atoms with Crippen molar-refractivity contribution >= 4 is 11.8 Å². The van der Waals surface area contributed by atoms with Gasteiger partial charge in [-0.1, -0.05) is 6.07 Å². The summed E-state index contributed by atoms with van der Waals surface area (Å²) >= 11 is 0. The van der Waals surface area contributed by atoms with E-state index >= 15 is 0 Å². The molecular weight excluding hydrogens is 528 g/mol. The smallest absolute Gasteiger partial charge is 0.387 e. The number of nitrogens with two attached hydrogens (primary N) is 1. The van der Waals surface area contributed by atoms with E-state index in [4.69, 9.17) is 20.1 Å². The van der Waals surface area contributed by atoms with Crippen LogP contribution in [0.4, 0.5) is 17.6 Å². The predicted molar refractivity (Wildman–Crippen MR) is 126 cm³/mol. The zero-order valence-electron chi connectivity index (χ0n) is 20.4. The SMILES string of the molecule is C[C@H](N)c1oc(-c2ccc(OC(F)F)c(OCC3CC3)c2)nc1C(=O)N[C@H](C(=O)NO)c1ccc(F)cc1F. The number of hydrogen-bond acceptors (Lipinski definition) is 8. The van der Waals surface area contributed by atoms with Crippen molar-refractivity contribution in [3.8, 4) is 23.0 Å². The van der Waals surface area contributed by atoms with Gasteiger partial charge in [-0.2, -0.15) is 8.78 Å². The number of aromatic nitrogens is 1. The van der Waals surface area contributed by atoms with Gasteiger partial charge >= 0.3 is 6.61 Å². The summed E-state index contributed by atoms with van der Waals surface area (Å²) in [5.74, 6) is -4.45. The van der Waals surface area contributed by atoms with E-state index in [0.29, 0.717) is 18.6 Å². The summed E-state index contributed by atoms with van der Waals surface area (Å²) in [6.07, 6.45) is 1.91. The quantitative estimate of drug-likeness (QED) is 0.158. The number of amides is 2. The Morgan fingerprint density at radius 2 is 1.92 bits per heavy atom. The Bertz CT molecular complexity index is 1360. The summed E-state index contributed by atoms with van der Waals surface area (Å²) < 4.78 is 69.4. The van der Waals surface area contributed by atoms with Crippen molar-refractivity contribution in [2.45, 2.75) is 38.5 Å². The molecule has 208 valence electrons. The second-order valence-corrected chi connectivity index (χ2v) is 8.86. The molecule has 5 N–H and O–H groups in total. The van der Waals surface area contributed by atoms with Crippen LogP contribution in [0.3, 0.4) is 0 Å². The fraction of sp³-hybridized carbons (Fsp3) is 0.320. The molecule has 1 fully saturated rings. The Kier molecular flexibility index (Phi) is 8.35. The van der Waals surface area contributed by atoms with Gasteiger partial charge in [-0.05, 0) is 49.9 Å². The standard InChI is InChI=1S/C25H24F4N4O6/c1-11(30)21-20(22(34)31-19(23(35)33-36)15-6-5-14(26)9-16(15)27)32-24(39-21)13-4-7-17(38-25(28)29)18(8-13)37-10-12-2-3-12/h4-9,11-12,19,25,36H,2-3,10,30H2,1H3,(H,31,34)(H,33,35)/t11-,19-/m0/s1. The average molecular weight is 552 g/mol. The number of carbonyl (C=O) groups excluding carboxylic acids is 2. The maximum Gasteiger partial charge on any atom is 0.387 e. The lowest BCUT2D eigenvalue weighted by molar-refractivity contribution is -0.131. The van der Waals surface area contributed by atoms with Crippen molar-refractivity contribution in [3.05, 3.63) is 65.1 Å². The second-order valence-electron chi connectivity index (χ2n) is 8.86. The summed E-state index contributed by atoms with van der Waals surface area (Å²) in [6.45, 7) is -1.31. The normalized spacial score (nSPS) is 14.6. The Hall–Kier alpha value is -4.17. The molecular formula is C25H24F4N4O6. The number of nitrogens with one attached hydrogen (secondary N) is 2. The third-order valence-corrected chi connectivity index (χ3v) is 5.78. The van der Waals surface area contributed by atoms with Crippen LogP contribution < -0.4 is 26.0 Å². The van der Waals surface area contributed by atoms with Crippen molar-refractivity contribution in [3.63, 3.8) is 0 Å². The minimum Gasteiger partial charge on any atom is -0.489 e. The van der Waals surface area contributed by atoms with Crippen LogP contribution in [0.25, 0.3) is 11.5 Å². The van der Waals surface area contributed by atoms with Gasteiger partial charge in [0.1, 0.15) is 17.7 Å². The highest BCUT2D eigenvalue weighted by Crippen LogP contribution is 2.37. The molecule has 10 nitrogen and oxygen atoms in total. The molecule has 1 aliphatic carbocycles. The van der Waals surface area contributed by atoms with Crippen molar-refractivity contribution in [2.24, 2.45) is 11.7 Å². The lowest BCUT2D eigenvalue weighted by atomic mass is 10.0. The van der Waals surface area contributed by atoms with Crippen LogP contribution in [0.15, 0.2) is 40.8 Å². The van der Waals surface area contributed by atoms with E-state index in [9.17, 15) is 27.2 Å². The van der Waals surface area contributed by atoms with Crippen molar-refractivity contribution in [2.75, 3.05) is 6.61 Å². The van der Waals surface area contributed by atoms with E-state index in [1.54, 1.807) is 0 Å². The number of benzene rings is 2. The largest absolute Gasteiger partial charge is 0.489 e. The lowest BCUT2D eigenvalue weighted by Gasteiger charge is -2.17. The molecule has 0 unspecified atom stereocenters. The van der Waals surface area contributed by atoms with Gasteiger partial charge in [-0.15, -0.1) is 0 Å². The van der Waals surface area contributed by atoms with Crippen LogP contribution in [0.5, 0.6) is 11.5 Å². The number of ether oxygens (including phenoxy) is 2. The number of rotatable bonds is 11. The highest BCUT2D eigenvalue weighted by atomic mass is 19.3. The van der Waals surface area contributed by atoms with Gasteiger partial charge in [-0.3, -0.25) is 14.8 Å². The molecule has 2 atom stereocenters. The summed E-state index contributed by atoms with van der Waals surface area (Å²) in [4.78, 5) is 29.5. The van der Waals surface area contributed by atoms with Crippen molar-refractivity contribution < 1.29 is 46.2 Å². The molecule has 0 radical (unpaired) electrons. The molecule has 1 aromatic heterocycles. The summed E-state index contributed by atoms with van der Waals surface area (Å²) in [6, 6.07) is 3.59.